The second kappa shape index (κ2) is 13.5. The highest BCUT2D eigenvalue weighted by Gasteiger charge is 2.31. The second-order valence-electron chi connectivity index (χ2n) is 9.41. The van der Waals surface area contributed by atoms with Gasteiger partial charge in [0.2, 0.25) is 0 Å². The van der Waals surface area contributed by atoms with E-state index in [0.29, 0.717) is 25.2 Å². The molecule has 0 radical (unpaired) electrons. The number of benzene rings is 3. The number of para-hydroxylation sites is 1. The number of phenolic OH excluding ortho intramolecular Hbond substituents is 1. The fourth-order valence-electron chi connectivity index (χ4n) is 4.12. The van der Waals surface area contributed by atoms with Gasteiger partial charge >= 0.3 is 11.9 Å². The van der Waals surface area contributed by atoms with Crippen molar-refractivity contribution < 1.29 is 29.1 Å². The zero-order chi connectivity index (χ0) is 28.5. The van der Waals surface area contributed by atoms with Gasteiger partial charge in [-0.15, -0.1) is 0 Å². The summed E-state index contributed by atoms with van der Waals surface area (Å²) in [6, 6.07) is 16.8. The lowest BCUT2D eigenvalue weighted by Crippen LogP contribution is -2.25. The fraction of sp³-hybridized carbons (Fsp3) is 0.310. The Kier molecular flexibility index (Phi) is 10.1. The number of nitro groups is 1. The number of likely N-dealkylation sites (N-methyl/N-ethyl adjacent to an activating group) is 2. The molecule has 10 nitrogen and oxygen atoms in total. The zero-order valence-corrected chi connectivity index (χ0v) is 22.5. The quantitative estimate of drug-likeness (QED) is 0.206. The van der Waals surface area contributed by atoms with Gasteiger partial charge in [0.05, 0.1) is 16.1 Å². The summed E-state index contributed by atoms with van der Waals surface area (Å²) in [5, 5.41) is 22.7. The summed E-state index contributed by atoms with van der Waals surface area (Å²) in [7, 11) is 5.51. The van der Waals surface area contributed by atoms with Gasteiger partial charge in [-0.3, -0.25) is 15.0 Å². The molecule has 0 heterocycles. The van der Waals surface area contributed by atoms with Crippen LogP contribution < -0.4 is 0 Å². The van der Waals surface area contributed by atoms with Crippen molar-refractivity contribution in [2.24, 2.45) is 0 Å². The van der Waals surface area contributed by atoms with Gasteiger partial charge in [-0.2, -0.15) is 0 Å². The highest BCUT2D eigenvalue weighted by Crippen LogP contribution is 2.40. The Hall–Kier alpha value is -4.28. The van der Waals surface area contributed by atoms with Gasteiger partial charge in [0.15, 0.2) is 0 Å². The summed E-state index contributed by atoms with van der Waals surface area (Å²) in [4.78, 5) is 41.6. The van der Waals surface area contributed by atoms with Crippen molar-refractivity contribution >= 4 is 17.6 Å². The molecule has 1 N–H and O–H groups in total. The minimum Gasteiger partial charge on any atom is -0.507 e. The first kappa shape index (κ1) is 29.3. The Bertz CT molecular complexity index is 1330. The first-order chi connectivity index (χ1) is 18.6. The second-order valence-corrected chi connectivity index (χ2v) is 9.41. The zero-order valence-electron chi connectivity index (χ0n) is 22.5. The van der Waals surface area contributed by atoms with Crippen molar-refractivity contribution in [3.63, 3.8) is 0 Å². The maximum atomic E-state index is 13.4. The molecule has 3 aromatic rings. The summed E-state index contributed by atoms with van der Waals surface area (Å²) >= 11 is 0. The number of esters is 2. The van der Waals surface area contributed by atoms with Crippen LogP contribution in [-0.4, -0.2) is 79.2 Å². The molecule has 0 saturated carbocycles. The maximum absolute atomic E-state index is 13.4. The molecule has 0 amide bonds. The minimum absolute atomic E-state index is 0.00537. The molecule has 0 aromatic heterocycles. The molecule has 0 saturated heterocycles. The van der Waals surface area contributed by atoms with E-state index in [1.54, 1.807) is 27.1 Å². The van der Waals surface area contributed by atoms with E-state index in [1.807, 2.05) is 47.2 Å². The number of nitrogens with zero attached hydrogens (tertiary/aromatic N) is 3. The third-order valence-electron chi connectivity index (χ3n) is 6.06. The van der Waals surface area contributed by atoms with Gasteiger partial charge in [0.1, 0.15) is 24.5 Å². The number of hydrogen-bond donors (Lipinski definition) is 1. The number of nitro benzene ring substituents is 1. The fourth-order valence-corrected chi connectivity index (χ4v) is 4.12. The number of carbonyl (C=O) groups is 2. The summed E-state index contributed by atoms with van der Waals surface area (Å²) in [6.45, 7) is 3.13. The number of rotatable bonds is 12. The number of aromatic hydroxyl groups is 1. The third kappa shape index (κ3) is 7.62. The van der Waals surface area contributed by atoms with Crippen molar-refractivity contribution in [1.29, 1.82) is 0 Å². The molecule has 0 spiro atoms. The third-order valence-corrected chi connectivity index (χ3v) is 6.06. The van der Waals surface area contributed by atoms with Gasteiger partial charge < -0.3 is 19.5 Å². The van der Waals surface area contributed by atoms with Crippen LogP contribution in [-0.2, 0) is 16.0 Å². The molecule has 0 aliphatic carbocycles. The van der Waals surface area contributed by atoms with Gasteiger partial charge in [-0.05, 0) is 51.3 Å². The maximum Gasteiger partial charge on any atom is 0.342 e. The molecule has 0 unspecified atom stereocenters. The van der Waals surface area contributed by atoms with Gasteiger partial charge in [0, 0.05) is 31.3 Å². The largest absolute Gasteiger partial charge is 0.507 e. The lowest BCUT2D eigenvalue weighted by Gasteiger charge is -2.20. The Labute approximate surface area is 227 Å². The van der Waals surface area contributed by atoms with Crippen LogP contribution in [0.4, 0.5) is 5.69 Å². The van der Waals surface area contributed by atoms with Crippen LogP contribution in [0.3, 0.4) is 0 Å². The molecule has 0 bridgehead atoms. The Morgan fingerprint density at radius 2 is 1.49 bits per heavy atom. The van der Waals surface area contributed by atoms with Crippen LogP contribution in [0.1, 0.15) is 31.8 Å². The Morgan fingerprint density at radius 1 is 0.897 bits per heavy atom. The molecule has 3 aromatic carbocycles. The molecule has 3 rings (SSSR count). The van der Waals surface area contributed by atoms with Crippen molar-refractivity contribution in [3.8, 4) is 16.9 Å². The van der Waals surface area contributed by atoms with Crippen molar-refractivity contribution in [2.45, 2.75) is 13.5 Å². The molecule has 0 aliphatic rings. The lowest BCUT2D eigenvalue weighted by molar-refractivity contribution is -0.384. The highest BCUT2D eigenvalue weighted by molar-refractivity contribution is 6.09. The smallest absolute Gasteiger partial charge is 0.342 e. The van der Waals surface area contributed by atoms with E-state index in [0.717, 1.165) is 5.56 Å². The predicted molar refractivity (Wildman–Crippen MR) is 147 cm³/mol. The first-order valence-corrected chi connectivity index (χ1v) is 12.4. The number of phenols is 1. The molecular weight excluding hydrogens is 502 g/mol. The van der Waals surface area contributed by atoms with E-state index in [-0.39, 0.29) is 41.2 Å². The monoisotopic (exact) mass is 535 g/mol. The first-order valence-electron chi connectivity index (χ1n) is 12.4. The molecular formula is C29H33N3O7. The summed E-state index contributed by atoms with van der Waals surface area (Å²) in [6.07, 6.45) is 0. The van der Waals surface area contributed by atoms with E-state index in [4.69, 9.17) is 9.47 Å². The van der Waals surface area contributed by atoms with Crippen LogP contribution in [0, 0.1) is 17.0 Å². The van der Waals surface area contributed by atoms with E-state index in [1.165, 1.54) is 24.3 Å². The lowest BCUT2D eigenvalue weighted by atomic mass is 9.89. The van der Waals surface area contributed by atoms with Crippen molar-refractivity contribution in [3.05, 3.63) is 93.0 Å². The highest BCUT2D eigenvalue weighted by atomic mass is 16.6. The van der Waals surface area contributed by atoms with Crippen LogP contribution in [0.15, 0.2) is 60.7 Å². The van der Waals surface area contributed by atoms with Crippen LogP contribution >= 0.6 is 0 Å². The van der Waals surface area contributed by atoms with E-state index < -0.39 is 22.6 Å². The van der Waals surface area contributed by atoms with Gasteiger partial charge in [0.25, 0.3) is 5.69 Å². The summed E-state index contributed by atoms with van der Waals surface area (Å²) in [5.74, 6) is -2.12. The Morgan fingerprint density at radius 3 is 2.13 bits per heavy atom. The average molecular weight is 536 g/mol. The molecule has 0 fully saturated rings. The van der Waals surface area contributed by atoms with E-state index in [9.17, 15) is 24.8 Å². The minimum atomic E-state index is -0.904. The molecule has 10 heteroatoms. The molecule has 206 valence electrons. The standard InChI is InChI=1S/C29H33N3O7/c1-20-18-24(33)27(29(35)38-16-14-30(2)3)26(22-12-8-9-13-23(22)32(36)37)25(20)28(34)39-17-15-31(4)19-21-10-6-5-7-11-21/h5-13,18,33H,14-17,19H2,1-4H3. The molecule has 0 aliphatic heterocycles. The van der Waals surface area contributed by atoms with Gasteiger partial charge in [-0.25, -0.2) is 9.59 Å². The number of hydrogen-bond acceptors (Lipinski definition) is 9. The normalized spacial score (nSPS) is 11.0. The van der Waals surface area contributed by atoms with Crippen molar-refractivity contribution in [2.75, 3.05) is 47.4 Å². The Balaban J connectivity index is 1.97. The number of carbonyl (C=O) groups excluding carboxylic acids is 2. The van der Waals surface area contributed by atoms with Crippen molar-refractivity contribution in [1.82, 2.24) is 9.80 Å². The SMILES string of the molecule is Cc1cc(O)c(C(=O)OCCN(C)C)c(-c2ccccc2[N+](=O)[O-])c1C(=O)OCCN(C)Cc1ccccc1. The summed E-state index contributed by atoms with van der Waals surface area (Å²) < 4.78 is 10.9. The molecule has 0 atom stereocenters. The van der Waals surface area contributed by atoms with Crippen LogP contribution in [0.5, 0.6) is 5.75 Å². The summed E-state index contributed by atoms with van der Waals surface area (Å²) in [5.41, 5.74) is 0.590. The van der Waals surface area contributed by atoms with Gasteiger partial charge in [-0.1, -0.05) is 42.5 Å². The predicted octanol–water partition coefficient (Wildman–Crippen LogP) is 4.28. The average Bonchev–Trinajstić information content (AvgIpc) is 2.88. The van der Waals surface area contributed by atoms with Crippen LogP contribution in [0.2, 0.25) is 0 Å². The number of aryl methyl sites for hydroxylation is 1. The van der Waals surface area contributed by atoms with Crippen LogP contribution in [0.25, 0.3) is 11.1 Å². The van der Waals surface area contributed by atoms with E-state index in [2.05, 4.69) is 0 Å². The molecule has 39 heavy (non-hydrogen) atoms. The van der Waals surface area contributed by atoms with E-state index >= 15 is 0 Å². The number of ether oxygens (including phenoxy) is 2. The topological polar surface area (TPSA) is 122 Å².